The van der Waals surface area contributed by atoms with Gasteiger partial charge in [-0.1, -0.05) is 128 Å². The Hall–Kier alpha value is -1.31. The number of ether oxygens (including phenoxy) is 1. The van der Waals surface area contributed by atoms with Crippen LogP contribution in [-0.4, -0.2) is 12.6 Å². The molecule has 1 aromatic rings. The maximum atomic E-state index is 11.8. The zero-order chi connectivity index (χ0) is 20.1. The first-order valence-electron chi connectivity index (χ1n) is 12.1. The monoisotopic (exact) mass is 388 g/mol. The van der Waals surface area contributed by atoms with Crippen LogP contribution in [0.3, 0.4) is 0 Å². The molecule has 0 unspecified atom stereocenters. The van der Waals surface area contributed by atoms with E-state index in [1.807, 2.05) is 18.2 Å². The van der Waals surface area contributed by atoms with Gasteiger partial charge in [-0.15, -0.1) is 0 Å². The van der Waals surface area contributed by atoms with Gasteiger partial charge in [-0.3, -0.25) is 0 Å². The van der Waals surface area contributed by atoms with Gasteiger partial charge in [0.25, 0.3) is 0 Å². The number of hydrogen-bond acceptors (Lipinski definition) is 2. The Morgan fingerprint density at radius 1 is 0.607 bits per heavy atom. The van der Waals surface area contributed by atoms with Crippen molar-refractivity contribution in [3.8, 4) is 0 Å². The van der Waals surface area contributed by atoms with E-state index in [4.69, 9.17) is 4.74 Å². The lowest BCUT2D eigenvalue weighted by atomic mass is 10.0. The van der Waals surface area contributed by atoms with E-state index in [-0.39, 0.29) is 5.97 Å². The highest BCUT2D eigenvalue weighted by atomic mass is 16.5. The van der Waals surface area contributed by atoms with Gasteiger partial charge in [-0.25, -0.2) is 4.79 Å². The van der Waals surface area contributed by atoms with Crippen molar-refractivity contribution in [3.05, 3.63) is 35.9 Å². The molecule has 0 bridgehead atoms. The van der Waals surface area contributed by atoms with Gasteiger partial charge in [0.15, 0.2) is 0 Å². The summed E-state index contributed by atoms with van der Waals surface area (Å²) in [6.45, 7) is 2.83. The molecule has 0 aliphatic heterocycles. The molecule has 0 heterocycles. The maximum absolute atomic E-state index is 11.8. The molecule has 0 N–H and O–H groups in total. The van der Waals surface area contributed by atoms with Crippen molar-refractivity contribution in [1.82, 2.24) is 0 Å². The molecule has 0 aromatic heterocycles. The van der Waals surface area contributed by atoms with Gasteiger partial charge in [-0.2, -0.15) is 0 Å². The number of benzene rings is 1. The van der Waals surface area contributed by atoms with Gasteiger partial charge in [0, 0.05) is 0 Å². The average Bonchev–Trinajstić information content (AvgIpc) is 2.73. The Labute approximate surface area is 174 Å². The fourth-order valence-electron chi connectivity index (χ4n) is 3.65. The number of esters is 1. The number of hydrogen-bond donors (Lipinski definition) is 0. The summed E-state index contributed by atoms with van der Waals surface area (Å²) in [5, 5.41) is 0. The molecular formula is C26H44O2. The van der Waals surface area contributed by atoms with Crippen molar-refractivity contribution in [3.63, 3.8) is 0 Å². The summed E-state index contributed by atoms with van der Waals surface area (Å²) in [6.07, 6.45) is 23.2. The van der Waals surface area contributed by atoms with Crippen molar-refractivity contribution < 1.29 is 9.53 Å². The third kappa shape index (κ3) is 14.7. The number of rotatable bonds is 19. The van der Waals surface area contributed by atoms with E-state index >= 15 is 0 Å². The molecule has 160 valence electrons. The van der Waals surface area contributed by atoms with E-state index < -0.39 is 0 Å². The third-order valence-electron chi connectivity index (χ3n) is 5.49. The van der Waals surface area contributed by atoms with Crippen molar-refractivity contribution in [2.45, 2.75) is 116 Å². The molecule has 0 atom stereocenters. The normalized spacial score (nSPS) is 10.9. The molecule has 28 heavy (non-hydrogen) atoms. The van der Waals surface area contributed by atoms with E-state index in [9.17, 15) is 4.79 Å². The largest absolute Gasteiger partial charge is 0.462 e. The van der Waals surface area contributed by atoms with Crippen LogP contribution >= 0.6 is 0 Å². The number of unbranched alkanes of at least 4 members (excludes halogenated alkanes) is 16. The molecule has 0 saturated heterocycles. The molecule has 0 spiro atoms. The van der Waals surface area contributed by atoms with Crippen LogP contribution in [0.5, 0.6) is 0 Å². The summed E-state index contributed by atoms with van der Waals surface area (Å²) in [7, 11) is 0. The molecular weight excluding hydrogens is 344 g/mol. The zero-order valence-electron chi connectivity index (χ0n) is 18.4. The first-order valence-corrected chi connectivity index (χ1v) is 12.1. The summed E-state index contributed by atoms with van der Waals surface area (Å²) < 4.78 is 5.31. The maximum Gasteiger partial charge on any atom is 0.338 e. The van der Waals surface area contributed by atoms with E-state index in [0.717, 1.165) is 6.42 Å². The molecule has 1 aromatic carbocycles. The van der Waals surface area contributed by atoms with Crippen LogP contribution in [0.25, 0.3) is 0 Å². The highest BCUT2D eigenvalue weighted by molar-refractivity contribution is 5.89. The van der Waals surface area contributed by atoms with Crippen molar-refractivity contribution >= 4 is 5.97 Å². The molecule has 0 amide bonds. The fraction of sp³-hybridized carbons (Fsp3) is 0.731. The lowest BCUT2D eigenvalue weighted by Crippen LogP contribution is -2.06. The van der Waals surface area contributed by atoms with E-state index in [0.29, 0.717) is 12.2 Å². The highest BCUT2D eigenvalue weighted by Crippen LogP contribution is 2.14. The van der Waals surface area contributed by atoms with Crippen LogP contribution in [0.1, 0.15) is 126 Å². The molecule has 0 saturated carbocycles. The van der Waals surface area contributed by atoms with Gasteiger partial charge >= 0.3 is 5.97 Å². The minimum absolute atomic E-state index is 0.197. The smallest absolute Gasteiger partial charge is 0.338 e. The number of carbonyl (C=O) groups is 1. The summed E-state index contributed by atoms with van der Waals surface area (Å²) in [6, 6.07) is 9.25. The van der Waals surface area contributed by atoms with E-state index in [1.165, 1.54) is 103 Å². The lowest BCUT2D eigenvalue weighted by molar-refractivity contribution is 0.0497. The van der Waals surface area contributed by atoms with Gasteiger partial charge in [0.05, 0.1) is 12.2 Å². The predicted octanol–water partition coefficient (Wildman–Crippen LogP) is 8.50. The second-order valence-electron chi connectivity index (χ2n) is 8.16. The van der Waals surface area contributed by atoms with Crippen molar-refractivity contribution in [2.75, 3.05) is 6.61 Å². The van der Waals surface area contributed by atoms with Crippen LogP contribution in [-0.2, 0) is 4.74 Å². The Morgan fingerprint density at radius 3 is 1.43 bits per heavy atom. The second kappa shape index (κ2) is 19.0. The SMILES string of the molecule is CCCCCCCCCCCCCCCCCCCOC(=O)c1ccccc1. The predicted molar refractivity (Wildman–Crippen MR) is 121 cm³/mol. The van der Waals surface area contributed by atoms with Crippen LogP contribution in [0.4, 0.5) is 0 Å². The first-order chi connectivity index (χ1) is 13.8. The average molecular weight is 389 g/mol. The molecule has 0 fully saturated rings. The number of carbonyl (C=O) groups excluding carboxylic acids is 1. The Kier molecular flexibility index (Phi) is 16.8. The fourth-order valence-corrected chi connectivity index (χ4v) is 3.65. The molecule has 0 radical (unpaired) electrons. The van der Waals surface area contributed by atoms with Gasteiger partial charge < -0.3 is 4.74 Å². The van der Waals surface area contributed by atoms with Crippen LogP contribution in [0.15, 0.2) is 30.3 Å². The van der Waals surface area contributed by atoms with E-state index in [2.05, 4.69) is 6.92 Å². The highest BCUT2D eigenvalue weighted by Gasteiger charge is 2.04. The second-order valence-corrected chi connectivity index (χ2v) is 8.16. The summed E-state index contributed by atoms with van der Waals surface area (Å²) >= 11 is 0. The first kappa shape index (κ1) is 24.7. The molecule has 2 heteroatoms. The standard InChI is InChI=1S/C26H44O2/c1-2-3-4-5-6-7-8-9-10-11-12-13-14-15-16-17-21-24-28-26(27)25-22-19-18-20-23-25/h18-20,22-23H,2-17,21,24H2,1H3. The molecule has 0 aliphatic rings. The van der Waals surface area contributed by atoms with Crippen molar-refractivity contribution in [2.24, 2.45) is 0 Å². The Bertz CT molecular complexity index is 455. The van der Waals surface area contributed by atoms with E-state index in [1.54, 1.807) is 12.1 Å². The Balaban J connectivity index is 1.74. The van der Waals surface area contributed by atoms with Crippen LogP contribution in [0.2, 0.25) is 0 Å². The molecule has 1 rings (SSSR count). The molecule has 0 aliphatic carbocycles. The van der Waals surface area contributed by atoms with Crippen molar-refractivity contribution in [1.29, 1.82) is 0 Å². The van der Waals surface area contributed by atoms with Crippen LogP contribution < -0.4 is 0 Å². The van der Waals surface area contributed by atoms with Gasteiger partial charge in [0.2, 0.25) is 0 Å². The van der Waals surface area contributed by atoms with Crippen LogP contribution in [0, 0.1) is 0 Å². The zero-order valence-corrected chi connectivity index (χ0v) is 18.4. The molecule has 2 nitrogen and oxygen atoms in total. The summed E-state index contributed by atoms with van der Waals surface area (Å²) in [5.74, 6) is -0.197. The minimum atomic E-state index is -0.197. The quantitative estimate of drug-likeness (QED) is 0.175. The summed E-state index contributed by atoms with van der Waals surface area (Å²) in [4.78, 5) is 11.8. The van der Waals surface area contributed by atoms with Gasteiger partial charge in [-0.05, 0) is 18.6 Å². The minimum Gasteiger partial charge on any atom is -0.462 e. The third-order valence-corrected chi connectivity index (χ3v) is 5.49. The summed E-state index contributed by atoms with van der Waals surface area (Å²) in [5.41, 5.74) is 0.648. The topological polar surface area (TPSA) is 26.3 Å². The lowest BCUT2D eigenvalue weighted by Gasteiger charge is -2.05. The Morgan fingerprint density at radius 2 is 1.00 bits per heavy atom. The van der Waals surface area contributed by atoms with Gasteiger partial charge in [0.1, 0.15) is 0 Å².